The highest BCUT2D eigenvalue weighted by Gasteiger charge is 2.17. The van der Waals surface area contributed by atoms with Crippen molar-refractivity contribution in [2.75, 3.05) is 0 Å². The second kappa shape index (κ2) is 9.08. The minimum absolute atomic E-state index is 0.240. The molecule has 0 aromatic heterocycles. The normalized spacial score (nSPS) is 11.8. The minimum Gasteiger partial charge on any atom is -0.489 e. The van der Waals surface area contributed by atoms with Gasteiger partial charge in [-0.3, -0.25) is 0 Å². The van der Waals surface area contributed by atoms with Crippen LogP contribution in [0.4, 0.5) is 0 Å². The summed E-state index contributed by atoms with van der Waals surface area (Å²) in [6.07, 6.45) is 4.81. The lowest BCUT2D eigenvalue weighted by molar-refractivity contribution is 0.306. The molecule has 0 aliphatic rings. The number of benzene rings is 2. The van der Waals surface area contributed by atoms with E-state index in [4.69, 9.17) is 4.74 Å². The molecule has 0 heterocycles. The Morgan fingerprint density at radius 2 is 1.36 bits per heavy atom. The van der Waals surface area contributed by atoms with Gasteiger partial charge in [0.1, 0.15) is 12.4 Å². The molecule has 2 aromatic rings. The lowest BCUT2D eigenvalue weighted by Gasteiger charge is -2.23. The fourth-order valence-electron chi connectivity index (χ4n) is 3.06. The zero-order valence-corrected chi connectivity index (χ0v) is 16.6. The Kier molecular flexibility index (Phi) is 7.11. The van der Waals surface area contributed by atoms with Crippen molar-refractivity contribution in [3.05, 3.63) is 65.2 Å². The smallest absolute Gasteiger partial charge is 0.119 e. The summed E-state index contributed by atoms with van der Waals surface area (Å²) in [5.41, 5.74) is 4.26. The highest BCUT2D eigenvalue weighted by Crippen LogP contribution is 2.27. The van der Waals surface area contributed by atoms with Crippen LogP contribution >= 0.6 is 0 Å². The zero-order valence-electron chi connectivity index (χ0n) is 16.6. The molecule has 0 saturated heterocycles. The maximum absolute atomic E-state index is 5.96. The van der Waals surface area contributed by atoms with Gasteiger partial charge in [-0.25, -0.2) is 0 Å². The van der Waals surface area contributed by atoms with Crippen molar-refractivity contribution < 1.29 is 4.74 Å². The summed E-state index contributed by atoms with van der Waals surface area (Å²) >= 11 is 0. The SMILES string of the molecule is CCC(CC)Cc1ccc(OCc2ccc(C(C)(C)CC)cc2)cc1. The molecule has 136 valence electrons. The molecular weight excluding hydrogens is 304 g/mol. The van der Waals surface area contributed by atoms with Crippen LogP contribution in [0.3, 0.4) is 0 Å². The monoisotopic (exact) mass is 338 g/mol. The maximum atomic E-state index is 5.96. The van der Waals surface area contributed by atoms with Crippen molar-refractivity contribution in [3.8, 4) is 5.75 Å². The van der Waals surface area contributed by atoms with E-state index >= 15 is 0 Å². The number of hydrogen-bond donors (Lipinski definition) is 0. The first-order valence-corrected chi connectivity index (χ1v) is 9.79. The quantitative estimate of drug-likeness (QED) is 0.481. The third-order valence-corrected chi connectivity index (χ3v) is 5.63. The van der Waals surface area contributed by atoms with E-state index in [0.717, 1.165) is 18.1 Å². The summed E-state index contributed by atoms with van der Waals surface area (Å²) < 4.78 is 5.96. The van der Waals surface area contributed by atoms with Gasteiger partial charge in [0.05, 0.1) is 0 Å². The van der Waals surface area contributed by atoms with Gasteiger partial charge in [0.15, 0.2) is 0 Å². The standard InChI is InChI=1S/C24H34O/c1-6-19(7-2)17-20-11-15-23(16-12-20)25-18-21-9-13-22(14-10-21)24(4,5)8-3/h9-16,19H,6-8,17-18H2,1-5H3. The third kappa shape index (κ3) is 5.63. The van der Waals surface area contributed by atoms with E-state index < -0.39 is 0 Å². The van der Waals surface area contributed by atoms with Crippen LogP contribution in [-0.4, -0.2) is 0 Å². The van der Waals surface area contributed by atoms with Gasteiger partial charge in [0.2, 0.25) is 0 Å². The molecule has 1 heteroatoms. The van der Waals surface area contributed by atoms with Gasteiger partial charge in [-0.2, -0.15) is 0 Å². The predicted octanol–water partition coefficient (Wildman–Crippen LogP) is 6.93. The van der Waals surface area contributed by atoms with Gasteiger partial charge < -0.3 is 4.74 Å². The van der Waals surface area contributed by atoms with E-state index in [9.17, 15) is 0 Å². The van der Waals surface area contributed by atoms with Crippen LogP contribution in [-0.2, 0) is 18.4 Å². The van der Waals surface area contributed by atoms with E-state index in [1.54, 1.807) is 0 Å². The average molecular weight is 339 g/mol. The van der Waals surface area contributed by atoms with E-state index in [-0.39, 0.29) is 5.41 Å². The van der Waals surface area contributed by atoms with Crippen LogP contribution in [0.25, 0.3) is 0 Å². The Morgan fingerprint density at radius 1 is 0.800 bits per heavy atom. The number of ether oxygens (including phenoxy) is 1. The molecule has 2 rings (SSSR count). The van der Waals surface area contributed by atoms with Crippen molar-refractivity contribution in [1.82, 2.24) is 0 Å². The Hall–Kier alpha value is -1.76. The van der Waals surface area contributed by atoms with Gasteiger partial charge in [0, 0.05) is 0 Å². The lowest BCUT2D eigenvalue weighted by atomic mass is 9.82. The fourth-order valence-corrected chi connectivity index (χ4v) is 3.06. The molecule has 0 unspecified atom stereocenters. The van der Waals surface area contributed by atoms with E-state index in [0.29, 0.717) is 6.61 Å². The van der Waals surface area contributed by atoms with Gasteiger partial charge in [-0.1, -0.05) is 83.9 Å². The van der Waals surface area contributed by atoms with Crippen LogP contribution in [0.2, 0.25) is 0 Å². The summed E-state index contributed by atoms with van der Waals surface area (Å²) in [7, 11) is 0. The van der Waals surface area contributed by atoms with Crippen LogP contribution in [0.5, 0.6) is 5.75 Å². The second-order valence-electron chi connectivity index (χ2n) is 7.75. The van der Waals surface area contributed by atoms with Crippen molar-refractivity contribution in [3.63, 3.8) is 0 Å². The van der Waals surface area contributed by atoms with Gasteiger partial charge in [0.25, 0.3) is 0 Å². The van der Waals surface area contributed by atoms with E-state index in [1.807, 2.05) is 0 Å². The zero-order chi connectivity index (χ0) is 18.3. The molecule has 0 aliphatic carbocycles. The second-order valence-corrected chi connectivity index (χ2v) is 7.75. The summed E-state index contributed by atoms with van der Waals surface area (Å²) in [4.78, 5) is 0. The Morgan fingerprint density at radius 3 is 1.88 bits per heavy atom. The van der Waals surface area contributed by atoms with E-state index in [2.05, 4.69) is 83.1 Å². The van der Waals surface area contributed by atoms with Crippen molar-refractivity contribution in [1.29, 1.82) is 0 Å². The summed E-state index contributed by atoms with van der Waals surface area (Å²) in [6.45, 7) is 12.0. The molecule has 0 spiro atoms. The fraction of sp³-hybridized carbons (Fsp3) is 0.500. The summed E-state index contributed by atoms with van der Waals surface area (Å²) in [6, 6.07) is 17.5. The maximum Gasteiger partial charge on any atom is 0.119 e. The molecule has 0 amide bonds. The molecule has 0 saturated carbocycles. The van der Waals surface area contributed by atoms with Crippen molar-refractivity contribution in [2.45, 2.75) is 72.3 Å². The Balaban J connectivity index is 1.91. The summed E-state index contributed by atoms with van der Waals surface area (Å²) in [5.74, 6) is 1.74. The van der Waals surface area contributed by atoms with E-state index in [1.165, 1.54) is 36.0 Å². The van der Waals surface area contributed by atoms with Gasteiger partial charge >= 0.3 is 0 Å². The molecule has 0 N–H and O–H groups in total. The van der Waals surface area contributed by atoms with Crippen molar-refractivity contribution >= 4 is 0 Å². The molecule has 1 nitrogen and oxygen atoms in total. The largest absolute Gasteiger partial charge is 0.489 e. The molecule has 0 fully saturated rings. The molecular formula is C24H34O. The summed E-state index contributed by atoms with van der Waals surface area (Å²) in [5, 5.41) is 0. The topological polar surface area (TPSA) is 9.23 Å². The first-order chi connectivity index (χ1) is 12.0. The highest BCUT2D eigenvalue weighted by molar-refractivity contribution is 5.30. The predicted molar refractivity (Wildman–Crippen MR) is 108 cm³/mol. The minimum atomic E-state index is 0.240. The van der Waals surface area contributed by atoms with Crippen molar-refractivity contribution in [2.24, 2.45) is 5.92 Å². The average Bonchev–Trinajstić information content (AvgIpc) is 2.65. The van der Waals surface area contributed by atoms with Crippen LogP contribution in [0.15, 0.2) is 48.5 Å². The molecule has 0 aliphatic heterocycles. The highest BCUT2D eigenvalue weighted by atomic mass is 16.5. The van der Waals surface area contributed by atoms with Crippen LogP contribution < -0.4 is 4.74 Å². The van der Waals surface area contributed by atoms with Crippen LogP contribution in [0.1, 0.15) is 70.6 Å². The molecule has 2 aromatic carbocycles. The molecule has 25 heavy (non-hydrogen) atoms. The lowest BCUT2D eigenvalue weighted by Crippen LogP contribution is -2.15. The molecule has 0 atom stereocenters. The first-order valence-electron chi connectivity index (χ1n) is 9.79. The Bertz CT molecular complexity index is 618. The van der Waals surface area contributed by atoms with Gasteiger partial charge in [-0.05, 0) is 53.0 Å². The van der Waals surface area contributed by atoms with Crippen LogP contribution in [0, 0.1) is 5.92 Å². The third-order valence-electron chi connectivity index (χ3n) is 5.63. The number of hydrogen-bond acceptors (Lipinski definition) is 1. The Labute approximate surface area is 154 Å². The van der Waals surface area contributed by atoms with Gasteiger partial charge in [-0.15, -0.1) is 0 Å². The molecule has 0 bridgehead atoms. The first kappa shape index (κ1) is 19.6. The number of rotatable bonds is 9. The molecule has 0 radical (unpaired) electrons.